The monoisotopic (exact) mass is 338 g/mol. The quantitative estimate of drug-likeness (QED) is 0.463. The summed E-state index contributed by atoms with van der Waals surface area (Å²) in [6.07, 6.45) is 1.80. The van der Waals surface area contributed by atoms with Crippen LogP contribution >= 0.6 is 15.9 Å². The van der Waals surface area contributed by atoms with Crippen LogP contribution in [0.4, 0.5) is 17.2 Å². The van der Waals surface area contributed by atoms with Crippen LogP contribution in [0, 0.1) is 0 Å². The smallest absolute Gasteiger partial charge is 0.151 e. The Hall–Kier alpha value is -2.33. The zero-order valence-corrected chi connectivity index (χ0v) is 12.6. The number of benzene rings is 2. The van der Waals surface area contributed by atoms with Gasteiger partial charge in [0.15, 0.2) is 11.5 Å². The van der Waals surface area contributed by atoms with Gasteiger partial charge in [0.05, 0.1) is 11.4 Å². The summed E-state index contributed by atoms with van der Waals surface area (Å²) < 4.78 is 6.93. The maximum Gasteiger partial charge on any atom is 0.151 e. The Balaban J connectivity index is 1.95. The number of fused-ring (bicyclic) bond motifs is 2. The molecule has 3 aromatic rings. The lowest BCUT2D eigenvalue weighted by molar-refractivity contribution is 0.476. The fourth-order valence-electron chi connectivity index (χ4n) is 2.45. The van der Waals surface area contributed by atoms with Crippen molar-refractivity contribution in [1.82, 2.24) is 4.98 Å². The molecule has 102 valence electrons. The number of nitrogens with zero attached hydrogens (tertiary/aromatic N) is 2. The van der Waals surface area contributed by atoms with Crippen molar-refractivity contribution in [2.75, 3.05) is 4.90 Å². The first kappa shape index (κ1) is 12.4. The van der Waals surface area contributed by atoms with Crippen LogP contribution in [0.1, 0.15) is 0 Å². The number of para-hydroxylation sites is 4. The SMILES string of the molecule is Brc1ccc(N2c3ccccc3Oc3ccccc32)nc1. The van der Waals surface area contributed by atoms with Gasteiger partial charge in [-0.1, -0.05) is 24.3 Å². The molecule has 4 heteroatoms. The van der Waals surface area contributed by atoms with Crippen molar-refractivity contribution in [1.29, 1.82) is 0 Å². The highest BCUT2D eigenvalue weighted by atomic mass is 79.9. The van der Waals surface area contributed by atoms with Gasteiger partial charge in [-0.2, -0.15) is 0 Å². The Kier molecular flexibility index (Phi) is 2.89. The molecular weight excluding hydrogens is 328 g/mol. The second-order valence-corrected chi connectivity index (χ2v) is 5.62. The molecule has 1 aliphatic heterocycles. The van der Waals surface area contributed by atoms with Gasteiger partial charge in [0.2, 0.25) is 0 Å². The van der Waals surface area contributed by atoms with E-state index in [-0.39, 0.29) is 0 Å². The lowest BCUT2D eigenvalue weighted by atomic mass is 10.1. The van der Waals surface area contributed by atoms with E-state index in [1.807, 2.05) is 60.7 Å². The lowest BCUT2D eigenvalue weighted by Crippen LogP contribution is -2.16. The van der Waals surface area contributed by atoms with E-state index in [0.717, 1.165) is 33.2 Å². The van der Waals surface area contributed by atoms with Crippen LogP contribution in [-0.2, 0) is 0 Å². The molecule has 0 radical (unpaired) electrons. The molecule has 0 unspecified atom stereocenters. The molecule has 0 atom stereocenters. The second kappa shape index (κ2) is 4.90. The predicted molar refractivity (Wildman–Crippen MR) is 86.7 cm³/mol. The molecular formula is C17H11BrN2O. The lowest BCUT2D eigenvalue weighted by Gasteiger charge is -2.31. The molecule has 0 aliphatic carbocycles. The summed E-state index contributed by atoms with van der Waals surface area (Å²) in [5, 5.41) is 0. The molecule has 0 N–H and O–H groups in total. The maximum absolute atomic E-state index is 5.97. The number of pyridine rings is 1. The van der Waals surface area contributed by atoms with Crippen molar-refractivity contribution in [3.63, 3.8) is 0 Å². The largest absolute Gasteiger partial charge is 0.453 e. The van der Waals surface area contributed by atoms with Crippen LogP contribution in [0.5, 0.6) is 11.5 Å². The molecule has 21 heavy (non-hydrogen) atoms. The Morgan fingerprint density at radius 1 is 0.810 bits per heavy atom. The molecule has 0 fully saturated rings. The number of rotatable bonds is 1. The summed E-state index contributed by atoms with van der Waals surface area (Å²) in [6, 6.07) is 19.9. The Bertz CT molecular complexity index is 756. The fourth-order valence-corrected chi connectivity index (χ4v) is 2.69. The van der Waals surface area contributed by atoms with Gasteiger partial charge in [0.25, 0.3) is 0 Å². The first-order valence-electron chi connectivity index (χ1n) is 6.60. The second-order valence-electron chi connectivity index (χ2n) is 4.71. The number of anilines is 3. The van der Waals surface area contributed by atoms with Gasteiger partial charge < -0.3 is 4.74 Å². The molecule has 2 heterocycles. The summed E-state index contributed by atoms with van der Waals surface area (Å²) >= 11 is 3.43. The molecule has 0 saturated carbocycles. The Labute approximate surface area is 131 Å². The minimum absolute atomic E-state index is 0.834. The zero-order valence-electron chi connectivity index (χ0n) is 11.0. The van der Waals surface area contributed by atoms with Crippen molar-refractivity contribution in [3.8, 4) is 11.5 Å². The first-order chi connectivity index (χ1) is 10.3. The number of hydrogen-bond acceptors (Lipinski definition) is 3. The average Bonchev–Trinajstić information content (AvgIpc) is 2.53. The molecule has 3 nitrogen and oxygen atoms in total. The van der Waals surface area contributed by atoms with Crippen molar-refractivity contribution in [3.05, 3.63) is 71.3 Å². The maximum atomic E-state index is 5.97. The third kappa shape index (κ3) is 2.08. The molecule has 4 rings (SSSR count). The highest BCUT2D eigenvalue weighted by molar-refractivity contribution is 9.10. The minimum atomic E-state index is 0.834. The number of aromatic nitrogens is 1. The Morgan fingerprint density at radius 3 is 2.00 bits per heavy atom. The van der Waals surface area contributed by atoms with Gasteiger partial charge in [0, 0.05) is 10.7 Å². The van der Waals surface area contributed by atoms with Gasteiger partial charge in [-0.05, 0) is 52.3 Å². The van der Waals surface area contributed by atoms with E-state index in [9.17, 15) is 0 Å². The van der Waals surface area contributed by atoms with E-state index < -0.39 is 0 Å². The zero-order chi connectivity index (χ0) is 14.2. The summed E-state index contributed by atoms with van der Waals surface area (Å²) in [6.45, 7) is 0. The van der Waals surface area contributed by atoms with E-state index in [1.165, 1.54) is 0 Å². The average molecular weight is 339 g/mol. The fraction of sp³-hybridized carbons (Fsp3) is 0. The molecule has 0 bridgehead atoms. The first-order valence-corrected chi connectivity index (χ1v) is 7.40. The van der Waals surface area contributed by atoms with Crippen molar-refractivity contribution in [2.24, 2.45) is 0 Å². The van der Waals surface area contributed by atoms with E-state index in [4.69, 9.17) is 4.74 Å². The highest BCUT2D eigenvalue weighted by Gasteiger charge is 2.25. The van der Waals surface area contributed by atoms with E-state index in [0.29, 0.717) is 0 Å². The normalized spacial score (nSPS) is 12.3. The van der Waals surface area contributed by atoms with Gasteiger partial charge in [0.1, 0.15) is 5.82 Å². The predicted octanol–water partition coefficient (Wildman–Crippen LogP) is 5.42. The Morgan fingerprint density at radius 2 is 1.43 bits per heavy atom. The van der Waals surface area contributed by atoms with Gasteiger partial charge in [-0.15, -0.1) is 0 Å². The van der Waals surface area contributed by atoms with E-state index in [1.54, 1.807) is 6.20 Å². The third-order valence-corrected chi connectivity index (χ3v) is 3.84. The summed E-state index contributed by atoms with van der Waals surface area (Å²) in [5.74, 6) is 2.53. The molecule has 0 spiro atoms. The van der Waals surface area contributed by atoms with Crippen LogP contribution in [0.3, 0.4) is 0 Å². The highest BCUT2D eigenvalue weighted by Crippen LogP contribution is 2.49. The molecule has 1 aliphatic rings. The van der Waals surface area contributed by atoms with Crippen molar-refractivity contribution < 1.29 is 4.74 Å². The van der Waals surface area contributed by atoms with Crippen LogP contribution in [-0.4, -0.2) is 4.98 Å². The number of ether oxygens (including phenoxy) is 1. The van der Waals surface area contributed by atoms with Gasteiger partial charge in [-0.3, -0.25) is 4.90 Å². The minimum Gasteiger partial charge on any atom is -0.453 e. The van der Waals surface area contributed by atoms with Gasteiger partial charge >= 0.3 is 0 Å². The summed E-state index contributed by atoms with van der Waals surface area (Å²) in [5.41, 5.74) is 1.98. The van der Waals surface area contributed by atoms with Crippen LogP contribution in [0.2, 0.25) is 0 Å². The number of hydrogen-bond donors (Lipinski definition) is 0. The van der Waals surface area contributed by atoms with Gasteiger partial charge in [-0.25, -0.2) is 4.98 Å². The molecule has 0 amide bonds. The molecule has 0 saturated heterocycles. The van der Waals surface area contributed by atoms with Crippen molar-refractivity contribution in [2.45, 2.75) is 0 Å². The molecule has 1 aromatic heterocycles. The summed E-state index contributed by atoms with van der Waals surface area (Å²) in [4.78, 5) is 6.63. The third-order valence-electron chi connectivity index (χ3n) is 3.37. The number of halogens is 1. The van der Waals surface area contributed by atoms with Crippen molar-refractivity contribution >= 4 is 33.1 Å². The van der Waals surface area contributed by atoms with E-state index in [2.05, 4.69) is 25.8 Å². The van der Waals surface area contributed by atoms with E-state index >= 15 is 0 Å². The standard InChI is InChI=1S/C17H11BrN2O/c18-12-9-10-17(19-11-12)20-13-5-1-3-7-15(13)21-16-8-4-2-6-14(16)20/h1-11H. The summed E-state index contributed by atoms with van der Waals surface area (Å²) in [7, 11) is 0. The van der Waals surface area contributed by atoms with Crippen LogP contribution in [0.25, 0.3) is 0 Å². The molecule has 2 aromatic carbocycles. The van der Waals surface area contributed by atoms with Crippen LogP contribution in [0.15, 0.2) is 71.3 Å². The van der Waals surface area contributed by atoms with Crippen LogP contribution < -0.4 is 9.64 Å². The topological polar surface area (TPSA) is 25.4 Å².